The Kier molecular flexibility index (Phi) is 4.39. The van der Waals surface area contributed by atoms with E-state index in [9.17, 15) is 4.79 Å². The Balaban J connectivity index is 2.51. The van der Waals surface area contributed by atoms with Crippen LogP contribution in [-0.2, 0) is 11.3 Å². The predicted octanol–water partition coefficient (Wildman–Crippen LogP) is 1.77. The van der Waals surface area contributed by atoms with Gasteiger partial charge in [0.1, 0.15) is 5.75 Å². The molecule has 0 fully saturated rings. The van der Waals surface area contributed by atoms with Crippen LogP contribution < -0.4 is 10.1 Å². The molecule has 16 heavy (non-hydrogen) atoms. The number of carboxylic acids is 1. The molecule has 0 saturated carbocycles. The summed E-state index contributed by atoms with van der Waals surface area (Å²) >= 11 is 0. The molecule has 1 aromatic carbocycles. The number of hydrogen-bond acceptors (Lipinski definition) is 3. The average molecular weight is 221 g/mol. The molecule has 0 unspecified atom stereocenters. The molecular formula is C12H15NO3. The van der Waals surface area contributed by atoms with Crippen molar-refractivity contribution < 1.29 is 14.6 Å². The van der Waals surface area contributed by atoms with E-state index < -0.39 is 5.97 Å². The molecule has 86 valence electrons. The maximum atomic E-state index is 10.4. The monoisotopic (exact) mass is 221 g/mol. The second-order valence-corrected chi connectivity index (χ2v) is 3.37. The molecule has 4 heteroatoms. The first-order chi connectivity index (χ1) is 7.61. The van der Waals surface area contributed by atoms with Crippen molar-refractivity contribution in [2.75, 3.05) is 7.11 Å². The van der Waals surface area contributed by atoms with Gasteiger partial charge in [0.25, 0.3) is 0 Å². The number of rotatable bonds is 5. The normalized spacial score (nSPS) is 11.0. The van der Waals surface area contributed by atoms with Crippen LogP contribution >= 0.6 is 0 Å². The van der Waals surface area contributed by atoms with Gasteiger partial charge in [0, 0.05) is 18.3 Å². The topological polar surface area (TPSA) is 58.6 Å². The van der Waals surface area contributed by atoms with Crippen molar-refractivity contribution in [3.63, 3.8) is 0 Å². The highest BCUT2D eigenvalue weighted by molar-refractivity contribution is 5.80. The highest BCUT2D eigenvalue weighted by Crippen LogP contribution is 2.11. The van der Waals surface area contributed by atoms with E-state index in [0.717, 1.165) is 17.4 Å². The number of carbonyl (C=O) groups is 1. The summed E-state index contributed by atoms with van der Waals surface area (Å²) in [6.07, 6.45) is 1.14. The van der Waals surface area contributed by atoms with E-state index in [1.807, 2.05) is 24.3 Å². The van der Waals surface area contributed by atoms with Crippen molar-refractivity contribution in [3.05, 3.63) is 41.6 Å². The molecule has 1 aromatic rings. The zero-order valence-electron chi connectivity index (χ0n) is 9.36. The van der Waals surface area contributed by atoms with Crippen molar-refractivity contribution in [1.29, 1.82) is 0 Å². The number of aliphatic carboxylic acids is 1. The van der Waals surface area contributed by atoms with Crippen molar-refractivity contribution in [2.45, 2.75) is 13.5 Å². The highest BCUT2D eigenvalue weighted by atomic mass is 16.5. The molecule has 1 rings (SSSR count). The first kappa shape index (κ1) is 12.1. The Morgan fingerprint density at radius 2 is 2.06 bits per heavy atom. The van der Waals surface area contributed by atoms with E-state index in [2.05, 4.69) is 5.32 Å². The third-order valence-electron chi connectivity index (χ3n) is 2.07. The third kappa shape index (κ3) is 4.04. The molecule has 0 aromatic heterocycles. The lowest BCUT2D eigenvalue weighted by molar-refractivity contribution is -0.131. The van der Waals surface area contributed by atoms with E-state index in [0.29, 0.717) is 12.2 Å². The van der Waals surface area contributed by atoms with Gasteiger partial charge in [0.2, 0.25) is 0 Å². The first-order valence-electron chi connectivity index (χ1n) is 4.90. The summed E-state index contributed by atoms with van der Waals surface area (Å²) in [5.74, 6) is -0.138. The maximum absolute atomic E-state index is 10.4. The number of hydrogen-bond donors (Lipinski definition) is 2. The van der Waals surface area contributed by atoms with Gasteiger partial charge in [-0.25, -0.2) is 4.79 Å². The van der Waals surface area contributed by atoms with Crippen LogP contribution in [0.1, 0.15) is 12.5 Å². The fraction of sp³-hybridized carbons (Fsp3) is 0.250. The van der Waals surface area contributed by atoms with Gasteiger partial charge in [0.05, 0.1) is 7.11 Å². The zero-order valence-corrected chi connectivity index (χ0v) is 9.36. The molecule has 0 saturated heterocycles. The lowest BCUT2D eigenvalue weighted by Gasteiger charge is -2.06. The van der Waals surface area contributed by atoms with Gasteiger partial charge in [-0.3, -0.25) is 0 Å². The predicted molar refractivity (Wildman–Crippen MR) is 61.2 cm³/mol. The number of carboxylic acid groups (broad SMARTS) is 1. The van der Waals surface area contributed by atoms with Gasteiger partial charge in [0.15, 0.2) is 0 Å². The van der Waals surface area contributed by atoms with Crippen LogP contribution in [0, 0.1) is 0 Å². The molecule has 0 aliphatic heterocycles. The Morgan fingerprint density at radius 1 is 1.44 bits per heavy atom. The second-order valence-electron chi connectivity index (χ2n) is 3.37. The fourth-order valence-corrected chi connectivity index (χ4v) is 1.22. The summed E-state index contributed by atoms with van der Waals surface area (Å²) in [5, 5.41) is 11.5. The molecule has 0 spiro atoms. The van der Waals surface area contributed by atoms with Gasteiger partial charge < -0.3 is 15.2 Å². The van der Waals surface area contributed by atoms with E-state index in [1.165, 1.54) is 0 Å². The largest absolute Gasteiger partial charge is 0.497 e. The minimum atomic E-state index is -0.945. The molecule has 0 aliphatic carbocycles. The Labute approximate surface area is 94.6 Å². The second kappa shape index (κ2) is 5.80. The van der Waals surface area contributed by atoms with E-state index in [4.69, 9.17) is 9.84 Å². The summed E-state index contributed by atoms with van der Waals surface area (Å²) in [4.78, 5) is 10.4. The SMILES string of the molecule is COc1ccc(CN/C(C)=C/C(=O)O)cc1. The van der Waals surface area contributed by atoms with Crippen LogP contribution in [0.15, 0.2) is 36.0 Å². The zero-order chi connectivity index (χ0) is 12.0. The Hall–Kier alpha value is -1.97. The van der Waals surface area contributed by atoms with Crippen molar-refractivity contribution in [1.82, 2.24) is 5.32 Å². The van der Waals surface area contributed by atoms with Crippen LogP contribution in [0.4, 0.5) is 0 Å². The number of ether oxygens (including phenoxy) is 1. The van der Waals surface area contributed by atoms with Gasteiger partial charge in [-0.15, -0.1) is 0 Å². The van der Waals surface area contributed by atoms with Crippen LogP contribution in [0.25, 0.3) is 0 Å². The molecule has 4 nitrogen and oxygen atoms in total. The van der Waals surface area contributed by atoms with Crippen molar-refractivity contribution in [3.8, 4) is 5.75 Å². The van der Waals surface area contributed by atoms with Gasteiger partial charge in [-0.05, 0) is 24.6 Å². The fourth-order valence-electron chi connectivity index (χ4n) is 1.22. The van der Waals surface area contributed by atoms with Gasteiger partial charge in [-0.1, -0.05) is 12.1 Å². The van der Waals surface area contributed by atoms with Crippen LogP contribution in [0.3, 0.4) is 0 Å². The quantitative estimate of drug-likeness (QED) is 0.744. The minimum Gasteiger partial charge on any atom is -0.497 e. The number of allylic oxidation sites excluding steroid dienone is 1. The summed E-state index contributed by atoms with van der Waals surface area (Å²) in [5.41, 5.74) is 1.70. The molecule has 0 aliphatic rings. The van der Waals surface area contributed by atoms with Gasteiger partial charge >= 0.3 is 5.97 Å². The molecule has 0 atom stereocenters. The third-order valence-corrected chi connectivity index (χ3v) is 2.07. The van der Waals surface area contributed by atoms with E-state index in [-0.39, 0.29) is 0 Å². The summed E-state index contributed by atoms with van der Waals surface area (Å²) in [6.45, 7) is 2.32. The summed E-state index contributed by atoms with van der Waals surface area (Å²) < 4.78 is 5.04. The van der Waals surface area contributed by atoms with Crippen molar-refractivity contribution in [2.24, 2.45) is 0 Å². The highest BCUT2D eigenvalue weighted by Gasteiger charge is 1.96. The maximum Gasteiger partial charge on any atom is 0.330 e. The van der Waals surface area contributed by atoms with Crippen LogP contribution in [0.5, 0.6) is 5.75 Å². The van der Waals surface area contributed by atoms with Crippen LogP contribution in [0.2, 0.25) is 0 Å². The molecule has 2 N–H and O–H groups in total. The molecule has 0 bridgehead atoms. The number of methoxy groups -OCH3 is 1. The molecular weight excluding hydrogens is 206 g/mol. The number of nitrogens with one attached hydrogen (secondary N) is 1. The van der Waals surface area contributed by atoms with E-state index in [1.54, 1.807) is 14.0 Å². The minimum absolute atomic E-state index is 0.597. The van der Waals surface area contributed by atoms with E-state index >= 15 is 0 Å². The van der Waals surface area contributed by atoms with Crippen molar-refractivity contribution >= 4 is 5.97 Å². The van der Waals surface area contributed by atoms with Crippen LogP contribution in [-0.4, -0.2) is 18.2 Å². The Bertz CT molecular complexity index is 382. The lowest BCUT2D eigenvalue weighted by atomic mass is 10.2. The first-order valence-corrected chi connectivity index (χ1v) is 4.90. The molecule has 0 heterocycles. The summed E-state index contributed by atoms with van der Waals surface area (Å²) in [6, 6.07) is 7.60. The average Bonchev–Trinajstić information content (AvgIpc) is 2.26. The standard InChI is InChI=1S/C12H15NO3/c1-9(7-12(14)15)13-8-10-3-5-11(16-2)6-4-10/h3-7,13H,8H2,1-2H3,(H,14,15)/b9-7+. The molecule has 0 amide bonds. The lowest BCUT2D eigenvalue weighted by Crippen LogP contribution is -2.11. The Morgan fingerprint density at radius 3 is 2.56 bits per heavy atom. The summed E-state index contributed by atoms with van der Waals surface area (Å²) in [7, 11) is 1.62. The van der Waals surface area contributed by atoms with Gasteiger partial charge in [-0.2, -0.15) is 0 Å². The smallest absolute Gasteiger partial charge is 0.330 e. The number of benzene rings is 1. The molecule has 0 radical (unpaired) electrons.